The number of likely N-dealkylation sites (tertiary alicyclic amines) is 1. The summed E-state index contributed by atoms with van der Waals surface area (Å²) in [6, 6.07) is 8.49. The summed E-state index contributed by atoms with van der Waals surface area (Å²) in [6.45, 7) is 3.01. The van der Waals surface area contributed by atoms with Crippen molar-refractivity contribution >= 4 is 5.82 Å². The number of aromatic nitrogens is 2. The van der Waals surface area contributed by atoms with E-state index in [1.54, 1.807) is 26.7 Å². The Morgan fingerprint density at radius 1 is 1.20 bits per heavy atom. The molecule has 0 N–H and O–H groups in total. The maximum Gasteiger partial charge on any atom is 0.131 e. The Morgan fingerprint density at radius 2 is 1.96 bits per heavy atom. The first-order valence-corrected chi connectivity index (χ1v) is 8.62. The third-order valence-electron chi connectivity index (χ3n) is 4.77. The number of piperidine rings is 1. The van der Waals surface area contributed by atoms with E-state index >= 15 is 0 Å². The van der Waals surface area contributed by atoms with Crippen LogP contribution >= 0.6 is 0 Å². The minimum absolute atomic E-state index is 0.455. The van der Waals surface area contributed by atoms with Gasteiger partial charge in [0.1, 0.15) is 23.6 Å². The molecular formula is C19H26N4O2. The average Bonchev–Trinajstić information content (AvgIpc) is 2.68. The Bertz CT molecular complexity index is 658. The standard InChI is InChI=1S/C19H26N4O2/c1-22(19-6-7-20-14-21-19)16-5-4-8-23(13-16)12-15-9-17(24-2)11-18(10-15)25-3/h6-7,9-11,14,16H,4-5,8,12-13H2,1-3H3. The van der Waals surface area contributed by atoms with Crippen LogP contribution < -0.4 is 14.4 Å². The lowest BCUT2D eigenvalue weighted by atomic mass is 10.0. The molecule has 1 unspecified atom stereocenters. The van der Waals surface area contributed by atoms with E-state index in [9.17, 15) is 0 Å². The van der Waals surface area contributed by atoms with Crippen LogP contribution in [0.25, 0.3) is 0 Å². The number of benzene rings is 1. The normalized spacial score (nSPS) is 18.0. The van der Waals surface area contributed by atoms with Crippen molar-refractivity contribution in [1.29, 1.82) is 0 Å². The Kier molecular flexibility index (Phi) is 5.71. The molecule has 1 aliphatic heterocycles. The van der Waals surface area contributed by atoms with Gasteiger partial charge in [-0.2, -0.15) is 0 Å². The van der Waals surface area contributed by atoms with E-state index in [0.29, 0.717) is 6.04 Å². The number of ether oxygens (including phenoxy) is 2. The van der Waals surface area contributed by atoms with Crippen LogP contribution in [0.2, 0.25) is 0 Å². The molecule has 3 rings (SSSR count). The molecular weight excluding hydrogens is 316 g/mol. The molecule has 25 heavy (non-hydrogen) atoms. The van der Waals surface area contributed by atoms with E-state index < -0.39 is 0 Å². The molecule has 0 spiro atoms. The number of methoxy groups -OCH3 is 2. The third kappa shape index (κ3) is 4.39. The minimum Gasteiger partial charge on any atom is -0.497 e. The Morgan fingerprint density at radius 3 is 2.60 bits per heavy atom. The van der Waals surface area contributed by atoms with Crippen LogP contribution in [0.5, 0.6) is 11.5 Å². The van der Waals surface area contributed by atoms with E-state index in [4.69, 9.17) is 9.47 Å². The highest BCUT2D eigenvalue weighted by molar-refractivity contribution is 5.39. The van der Waals surface area contributed by atoms with Crippen LogP contribution in [0.15, 0.2) is 36.8 Å². The van der Waals surface area contributed by atoms with Crippen LogP contribution in [0.4, 0.5) is 5.82 Å². The fourth-order valence-electron chi connectivity index (χ4n) is 3.39. The summed E-state index contributed by atoms with van der Waals surface area (Å²) in [6.07, 6.45) is 5.76. The second-order valence-electron chi connectivity index (χ2n) is 6.43. The maximum atomic E-state index is 5.38. The van der Waals surface area contributed by atoms with Gasteiger partial charge < -0.3 is 14.4 Å². The smallest absolute Gasteiger partial charge is 0.131 e. The minimum atomic E-state index is 0.455. The van der Waals surface area contributed by atoms with Gasteiger partial charge in [-0.15, -0.1) is 0 Å². The van der Waals surface area contributed by atoms with Crippen LogP contribution in [0.1, 0.15) is 18.4 Å². The van der Waals surface area contributed by atoms with Gasteiger partial charge in [0.25, 0.3) is 0 Å². The molecule has 0 bridgehead atoms. The average molecular weight is 342 g/mol. The summed E-state index contributed by atoms with van der Waals surface area (Å²) >= 11 is 0. The quantitative estimate of drug-likeness (QED) is 0.804. The fourth-order valence-corrected chi connectivity index (χ4v) is 3.39. The molecule has 0 radical (unpaired) electrons. The molecule has 1 aliphatic rings. The highest BCUT2D eigenvalue weighted by Crippen LogP contribution is 2.25. The van der Waals surface area contributed by atoms with Gasteiger partial charge in [-0.1, -0.05) is 0 Å². The van der Waals surface area contributed by atoms with Gasteiger partial charge >= 0.3 is 0 Å². The van der Waals surface area contributed by atoms with Crippen molar-refractivity contribution < 1.29 is 9.47 Å². The molecule has 1 aromatic heterocycles. The third-order valence-corrected chi connectivity index (χ3v) is 4.77. The van der Waals surface area contributed by atoms with E-state index in [2.05, 4.69) is 38.9 Å². The highest BCUT2D eigenvalue weighted by atomic mass is 16.5. The van der Waals surface area contributed by atoms with Crippen LogP contribution in [0.3, 0.4) is 0 Å². The number of likely N-dealkylation sites (N-methyl/N-ethyl adjacent to an activating group) is 1. The molecule has 134 valence electrons. The van der Waals surface area contributed by atoms with Crippen molar-refractivity contribution in [2.45, 2.75) is 25.4 Å². The highest BCUT2D eigenvalue weighted by Gasteiger charge is 2.24. The number of hydrogen-bond acceptors (Lipinski definition) is 6. The first kappa shape index (κ1) is 17.5. The van der Waals surface area contributed by atoms with E-state index in [-0.39, 0.29) is 0 Å². The lowest BCUT2D eigenvalue weighted by Gasteiger charge is -2.38. The van der Waals surface area contributed by atoms with Crippen molar-refractivity contribution in [1.82, 2.24) is 14.9 Å². The summed E-state index contributed by atoms with van der Waals surface area (Å²) in [7, 11) is 5.49. The molecule has 2 heterocycles. The number of anilines is 1. The van der Waals surface area contributed by atoms with Gasteiger partial charge in [0.2, 0.25) is 0 Å². The number of hydrogen-bond donors (Lipinski definition) is 0. The molecule has 0 aliphatic carbocycles. The summed E-state index contributed by atoms with van der Waals surface area (Å²) in [5, 5.41) is 0. The van der Waals surface area contributed by atoms with E-state index in [1.165, 1.54) is 18.4 Å². The zero-order valence-corrected chi connectivity index (χ0v) is 15.2. The Labute approximate surface area is 149 Å². The Balaban J connectivity index is 1.67. The number of nitrogens with zero attached hydrogens (tertiary/aromatic N) is 4. The van der Waals surface area contributed by atoms with Crippen molar-refractivity contribution in [3.63, 3.8) is 0 Å². The molecule has 2 aromatic rings. The Hall–Kier alpha value is -2.34. The van der Waals surface area contributed by atoms with Gasteiger partial charge in [-0.05, 0) is 43.1 Å². The predicted octanol–water partition coefficient (Wildman–Crippen LogP) is 2.59. The monoisotopic (exact) mass is 342 g/mol. The first-order chi connectivity index (χ1) is 12.2. The summed E-state index contributed by atoms with van der Waals surface area (Å²) in [5.74, 6) is 2.65. The van der Waals surface area contributed by atoms with Crippen molar-refractivity contribution in [2.75, 3.05) is 39.3 Å². The summed E-state index contributed by atoms with van der Waals surface area (Å²) in [5.41, 5.74) is 1.21. The van der Waals surface area contributed by atoms with Crippen LogP contribution in [0, 0.1) is 0 Å². The lowest BCUT2D eigenvalue weighted by Crippen LogP contribution is -2.46. The lowest BCUT2D eigenvalue weighted by molar-refractivity contribution is 0.198. The summed E-state index contributed by atoms with van der Waals surface area (Å²) < 4.78 is 10.8. The van der Waals surface area contributed by atoms with Gasteiger partial charge in [0.05, 0.1) is 14.2 Å². The molecule has 0 saturated carbocycles. The maximum absolute atomic E-state index is 5.38. The molecule has 1 fully saturated rings. The molecule has 1 saturated heterocycles. The molecule has 1 atom stereocenters. The predicted molar refractivity (Wildman–Crippen MR) is 98.3 cm³/mol. The fraction of sp³-hybridized carbons (Fsp3) is 0.474. The van der Waals surface area contributed by atoms with E-state index in [1.807, 2.05) is 12.1 Å². The van der Waals surface area contributed by atoms with Gasteiger partial charge in [-0.3, -0.25) is 4.90 Å². The first-order valence-electron chi connectivity index (χ1n) is 8.62. The van der Waals surface area contributed by atoms with Gasteiger partial charge in [-0.25, -0.2) is 9.97 Å². The number of rotatable bonds is 6. The second-order valence-corrected chi connectivity index (χ2v) is 6.43. The van der Waals surface area contributed by atoms with Crippen molar-refractivity contribution in [3.05, 3.63) is 42.4 Å². The molecule has 1 aromatic carbocycles. The second kappa shape index (κ2) is 8.16. The van der Waals surface area contributed by atoms with Gasteiger partial charge in [0.15, 0.2) is 0 Å². The van der Waals surface area contributed by atoms with Crippen LogP contribution in [-0.4, -0.2) is 55.3 Å². The SMILES string of the molecule is COc1cc(CN2CCCC(N(C)c3ccncn3)C2)cc(OC)c1. The zero-order chi connectivity index (χ0) is 17.6. The van der Waals surface area contributed by atoms with E-state index in [0.717, 1.165) is 37.0 Å². The van der Waals surface area contributed by atoms with Crippen molar-refractivity contribution in [2.24, 2.45) is 0 Å². The molecule has 0 amide bonds. The molecule has 6 nitrogen and oxygen atoms in total. The molecule has 6 heteroatoms. The zero-order valence-electron chi connectivity index (χ0n) is 15.2. The van der Waals surface area contributed by atoms with Crippen molar-refractivity contribution in [3.8, 4) is 11.5 Å². The largest absolute Gasteiger partial charge is 0.497 e. The van der Waals surface area contributed by atoms with Crippen LogP contribution in [-0.2, 0) is 6.54 Å². The summed E-state index contributed by atoms with van der Waals surface area (Å²) in [4.78, 5) is 13.1. The topological polar surface area (TPSA) is 50.7 Å². The van der Waals surface area contributed by atoms with Gasteiger partial charge in [0, 0.05) is 38.4 Å².